The zero-order valence-electron chi connectivity index (χ0n) is 6.86. The van der Waals surface area contributed by atoms with Crippen LogP contribution < -0.4 is 0 Å². The molecule has 56 valence electrons. The van der Waals surface area contributed by atoms with Gasteiger partial charge in [0.25, 0.3) is 0 Å². The van der Waals surface area contributed by atoms with Crippen LogP contribution in [0.2, 0.25) is 32.7 Å². The maximum atomic E-state index is 9.30. The van der Waals surface area contributed by atoms with E-state index < -0.39 is 16.9 Å². The van der Waals surface area contributed by atoms with E-state index in [9.17, 15) is 4.80 Å². The predicted octanol–water partition coefficient (Wildman–Crippen LogP) is 1.53. The molecule has 0 atom stereocenters. The second-order valence-corrected chi connectivity index (χ2v) is 11.6. The molecule has 0 amide bonds. The Morgan fingerprint density at radius 3 is 1.33 bits per heavy atom. The van der Waals surface area contributed by atoms with Gasteiger partial charge >= 0.3 is 8.56 Å². The molecule has 0 saturated carbocycles. The Labute approximate surface area is 59.2 Å². The fourth-order valence-electron chi connectivity index (χ4n) is 0.749. The van der Waals surface area contributed by atoms with Gasteiger partial charge in [-0.05, 0) is 32.7 Å². The second-order valence-electron chi connectivity index (χ2n) is 3.66. The Kier molecular flexibility index (Phi) is 2.63. The minimum absolute atomic E-state index is 1.48. The Morgan fingerprint density at radius 2 is 1.33 bits per heavy atom. The van der Waals surface area contributed by atoms with E-state index in [2.05, 4.69) is 19.6 Å². The summed E-state index contributed by atoms with van der Waals surface area (Å²) in [6, 6.07) is 0. The topological polar surface area (TPSA) is 29.5 Å². The lowest BCUT2D eigenvalue weighted by Gasteiger charge is -2.25. The summed E-state index contributed by atoms with van der Waals surface area (Å²) in [5.74, 6) is 0. The first-order chi connectivity index (χ1) is 3.71. The molecule has 0 spiro atoms. The standard InChI is InChI=1S/C5H16O2Si2/c1-8(2,3)7-9(4,5)6/h6H,1-5H3. The summed E-state index contributed by atoms with van der Waals surface area (Å²) in [6.07, 6.45) is 0. The van der Waals surface area contributed by atoms with E-state index in [1.165, 1.54) is 0 Å². The van der Waals surface area contributed by atoms with E-state index in [0.717, 1.165) is 0 Å². The van der Waals surface area contributed by atoms with E-state index >= 15 is 0 Å². The van der Waals surface area contributed by atoms with Crippen LogP contribution in [0.3, 0.4) is 0 Å². The molecule has 0 aromatic heterocycles. The van der Waals surface area contributed by atoms with E-state index in [1.807, 2.05) is 0 Å². The molecule has 0 rings (SSSR count). The summed E-state index contributed by atoms with van der Waals surface area (Å²) in [7, 11) is -3.71. The van der Waals surface area contributed by atoms with Gasteiger partial charge in [-0.15, -0.1) is 0 Å². The first-order valence-electron chi connectivity index (χ1n) is 3.13. The molecule has 0 bridgehead atoms. The maximum absolute atomic E-state index is 9.30. The van der Waals surface area contributed by atoms with Gasteiger partial charge in [0.2, 0.25) is 0 Å². The van der Waals surface area contributed by atoms with Gasteiger partial charge in [-0.1, -0.05) is 0 Å². The van der Waals surface area contributed by atoms with Crippen molar-refractivity contribution in [1.82, 2.24) is 0 Å². The fourth-order valence-corrected chi connectivity index (χ4v) is 6.74. The highest BCUT2D eigenvalue weighted by molar-refractivity contribution is 6.80. The molecule has 4 heteroatoms. The average Bonchev–Trinajstić information content (AvgIpc) is 1.14. The van der Waals surface area contributed by atoms with Gasteiger partial charge in [0, 0.05) is 0 Å². The van der Waals surface area contributed by atoms with E-state index in [1.54, 1.807) is 13.1 Å². The molecule has 0 aromatic carbocycles. The molecule has 0 aliphatic rings. The first kappa shape index (κ1) is 9.35. The van der Waals surface area contributed by atoms with Crippen LogP contribution >= 0.6 is 0 Å². The van der Waals surface area contributed by atoms with Gasteiger partial charge in [-0.3, -0.25) is 0 Å². The molecule has 0 aliphatic heterocycles. The van der Waals surface area contributed by atoms with Gasteiger partial charge < -0.3 is 8.91 Å². The van der Waals surface area contributed by atoms with Gasteiger partial charge in [-0.2, -0.15) is 0 Å². The zero-order chi connectivity index (χ0) is 7.71. The third-order valence-corrected chi connectivity index (χ3v) is 5.00. The minimum Gasteiger partial charge on any atom is -0.436 e. The lowest BCUT2D eigenvalue weighted by atomic mass is 11.8. The van der Waals surface area contributed by atoms with Crippen molar-refractivity contribution in [2.75, 3.05) is 0 Å². The molecular formula is C5H16O2Si2. The summed E-state index contributed by atoms with van der Waals surface area (Å²) in [5.41, 5.74) is 0. The number of hydrogen-bond acceptors (Lipinski definition) is 2. The molecule has 0 radical (unpaired) electrons. The molecule has 2 nitrogen and oxygen atoms in total. The van der Waals surface area contributed by atoms with Crippen LogP contribution in [0.4, 0.5) is 0 Å². The van der Waals surface area contributed by atoms with Crippen molar-refractivity contribution < 1.29 is 8.91 Å². The van der Waals surface area contributed by atoms with Crippen molar-refractivity contribution in [3.8, 4) is 0 Å². The molecule has 0 unspecified atom stereocenters. The minimum atomic E-state index is -2.23. The largest absolute Gasteiger partial charge is 0.436 e. The smallest absolute Gasteiger partial charge is 0.318 e. The highest BCUT2D eigenvalue weighted by atomic mass is 28.4. The molecule has 0 saturated heterocycles. The van der Waals surface area contributed by atoms with Crippen LogP contribution in [0.5, 0.6) is 0 Å². The van der Waals surface area contributed by atoms with Gasteiger partial charge in [0.15, 0.2) is 8.32 Å². The highest BCUT2D eigenvalue weighted by Crippen LogP contribution is 2.10. The average molecular weight is 164 g/mol. The van der Waals surface area contributed by atoms with Crippen molar-refractivity contribution in [2.45, 2.75) is 32.7 Å². The summed E-state index contributed by atoms with van der Waals surface area (Å²) in [5, 5.41) is 0. The van der Waals surface area contributed by atoms with Gasteiger partial charge in [0.1, 0.15) is 0 Å². The van der Waals surface area contributed by atoms with Crippen molar-refractivity contribution in [3.63, 3.8) is 0 Å². The quantitative estimate of drug-likeness (QED) is 0.627. The molecule has 0 aliphatic carbocycles. The fraction of sp³-hybridized carbons (Fsp3) is 1.00. The normalized spacial score (nSPS) is 14.0. The first-order valence-corrected chi connectivity index (χ1v) is 9.40. The molecule has 0 heterocycles. The predicted molar refractivity (Wildman–Crippen MR) is 44.1 cm³/mol. The molecule has 0 fully saturated rings. The molecule has 9 heavy (non-hydrogen) atoms. The molecule has 0 aromatic rings. The second kappa shape index (κ2) is 2.53. The van der Waals surface area contributed by atoms with Crippen LogP contribution in [-0.4, -0.2) is 21.7 Å². The number of hydrogen-bond donors (Lipinski definition) is 1. The van der Waals surface area contributed by atoms with Crippen LogP contribution in [0.25, 0.3) is 0 Å². The maximum Gasteiger partial charge on any atom is 0.318 e. The zero-order valence-corrected chi connectivity index (χ0v) is 8.86. The summed E-state index contributed by atoms with van der Waals surface area (Å²) < 4.78 is 5.46. The SMILES string of the molecule is C[Si](C)(C)O[Si](C)(C)O. The van der Waals surface area contributed by atoms with Crippen LogP contribution in [-0.2, 0) is 4.12 Å². The van der Waals surface area contributed by atoms with Crippen molar-refractivity contribution in [1.29, 1.82) is 0 Å². The lowest BCUT2D eigenvalue weighted by molar-refractivity contribution is 0.389. The van der Waals surface area contributed by atoms with Crippen LogP contribution in [0, 0.1) is 0 Å². The van der Waals surface area contributed by atoms with Crippen molar-refractivity contribution in [3.05, 3.63) is 0 Å². The van der Waals surface area contributed by atoms with Crippen molar-refractivity contribution >= 4 is 16.9 Å². The monoisotopic (exact) mass is 164 g/mol. The third kappa shape index (κ3) is 8.35. The van der Waals surface area contributed by atoms with Crippen LogP contribution in [0.1, 0.15) is 0 Å². The third-order valence-electron chi connectivity index (χ3n) is 0.556. The van der Waals surface area contributed by atoms with E-state index in [0.29, 0.717) is 0 Å². The Balaban J connectivity index is 3.75. The lowest BCUT2D eigenvalue weighted by Crippen LogP contribution is -2.42. The summed E-state index contributed by atoms with van der Waals surface area (Å²) in [6.45, 7) is 9.84. The Hall–Kier alpha value is 0.354. The van der Waals surface area contributed by atoms with Gasteiger partial charge in [0.05, 0.1) is 0 Å². The van der Waals surface area contributed by atoms with E-state index in [4.69, 9.17) is 4.12 Å². The highest BCUT2D eigenvalue weighted by Gasteiger charge is 2.27. The van der Waals surface area contributed by atoms with Crippen LogP contribution in [0.15, 0.2) is 0 Å². The van der Waals surface area contributed by atoms with Gasteiger partial charge in [-0.25, -0.2) is 0 Å². The van der Waals surface area contributed by atoms with Crippen molar-refractivity contribution in [2.24, 2.45) is 0 Å². The molecule has 1 N–H and O–H groups in total. The molecular weight excluding hydrogens is 148 g/mol. The Bertz CT molecular complexity index is 78.1. The summed E-state index contributed by atoms with van der Waals surface area (Å²) in [4.78, 5) is 9.30. The number of rotatable bonds is 2. The van der Waals surface area contributed by atoms with E-state index in [-0.39, 0.29) is 0 Å². The Morgan fingerprint density at radius 1 is 1.00 bits per heavy atom. The summed E-state index contributed by atoms with van der Waals surface area (Å²) >= 11 is 0.